The highest BCUT2D eigenvalue weighted by Gasteiger charge is 2.46. The fourth-order valence-electron chi connectivity index (χ4n) is 2.46. The largest absolute Gasteiger partial charge is 0.414 e. The fraction of sp³-hybridized carbons (Fsp3) is 0.895. The highest BCUT2D eigenvalue weighted by atomic mass is 28.4. The van der Waals surface area contributed by atoms with Crippen LogP contribution in [0.4, 0.5) is 0 Å². The lowest BCUT2D eigenvalue weighted by atomic mass is 10.1. The van der Waals surface area contributed by atoms with E-state index in [4.69, 9.17) is 13.9 Å². The number of ether oxygens (including phenoxy) is 2. The second-order valence-corrected chi connectivity index (χ2v) is 13.6. The van der Waals surface area contributed by atoms with E-state index in [1.807, 2.05) is 26.0 Å². The summed E-state index contributed by atoms with van der Waals surface area (Å²) in [6.07, 6.45) is 5.84. The number of aliphatic hydroxyl groups excluding tert-OH is 1. The molecule has 0 unspecified atom stereocenters. The lowest BCUT2D eigenvalue weighted by molar-refractivity contribution is -0.154. The Balaban J connectivity index is 2.70. The Morgan fingerprint density at radius 2 is 1.88 bits per heavy atom. The summed E-state index contributed by atoms with van der Waals surface area (Å²) in [7, 11) is -1.85. The molecule has 142 valence electrons. The highest BCUT2D eigenvalue weighted by Crippen LogP contribution is 2.38. The van der Waals surface area contributed by atoms with Crippen molar-refractivity contribution in [1.82, 2.24) is 0 Å². The minimum atomic E-state index is -1.85. The third-order valence-corrected chi connectivity index (χ3v) is 9.53. The summed E-state index contributed by atoms with van der Waals surface area (Å²) in [4.78, 5) is 0. The van der Waals surface area contributed by atoms with Gasteiger partial charge in [0.05, 0.1) is 6.61 Å². The molecule has 1 N–H and O–H groups in total. The highest BCUT2D eigenvalue weighted by molar-refractivity contribution is 6.74. The average molecular weight is 359 g/mol. The van der Waals surface area contributed by atoms with Gasteiger partial charge in [-0.1, -0.05) is 52.7 Å². The first-order chi connectivity index (χ1) is 10.9. The van der Waals surface area contributed by atoms with Gasteiger partial charge in [-0.2, -0.15) is 0 Å². The fourth-order valence-corrected chi connectivity index (χ4v) is 3.47. The van der Waals surface area contributed by atoms with Crippen LogP contribution in [0.2, 0.25) is 18.1 Å². The van der Waals surface area contributed by atoms with Crippen molar-refractivity contribution in [3.05, 3.63) is 12.2 Å². The van der Waals surface area contributed by atoms with Crippen LogP contribution < -0.4 is 0 Å². The molecule has 0 aliphatic carbocycles. The third kappa shape index (κ3) is 6.26. The van der Waals surface area contributed by atoms with E-state index in [0.717, 1.165) is 19.3 Å². The molecule has 1 aliphatic heterocycles. The second kappa shape index (κ2) is 8.45. The molecule has 1 heterocycles. The molecule has 5 heteroatoms. The lowest BCUT2D eigenvalue weighted by Crippen LogP contribution is -2.45. The van der Waals surface area contributed by atoms with Crippen LogP contribution in [0.3, 0.4) is 0 Å². The van der Waals surface area contributed by atoms with Gasteiger partial charge < -0.3 is 19.0 Å². The van der Waals surface area contributed by atoms with E-state index in [0.29, 0.717) is 6.61 Å². The molecule has 0 aromatic rings. The van der Waals surface area contributed by atoms with Crippen molar-refractivity contribution in [2.45, 2.75) is 103 Å². The number of rotatable bonds is 8. The van der Waals surface area contributed by atoms with Gasteiger partial charge >= 0.3 is 0 Å². The first kappa shape index (κ1) is 21.8. The van der Waals surface area contributed by atoms with Gasteiger partial charge in [0, 0.05) is 0 Å². The lowest BCUT2D eigenvalue weighted by Gasteiger charge is -2.37. The van der Waals surface area contributed by atoms with E-state index >= 15 is 0 Å². The molecule has 1 fully saturated rings. The van der Waals surface area contributed by atoms with Gasteiger partial charge in [0.1, 0.15) is 18.3 Å². The quantitative estimate of drug-likeness (QED) is 0.390. The molecule has 0 aromatic carbocycles. The van der Waals surface area contributed by atoms with Crippen molar-refractivity contribution in [1.29, 1.82) is 0 Å². The molecule has 1 rings (SSSR count). The topological polar surface area (TPSA) is 47.9 Å². The van der Waals surface area contributed by atoms with Gasteiger partial charge in [0.25, 0.3) is 0 Å². The van der Waals surface area contributed by atoms with E-state index in [-0.39, 0.29) is 17.2 Å². The Bertz CT molecular complexity index is 412. The van der Waals surface area contributed by atoms with Crippen molar-refractivity contribution in [3.63, 3.8) is 0 Å². The molecule has 1 aliphatic rings. The van der Waals surface area contributed by atoms with Gasteiger partial charge in [-0.25, -0.2) is 0 Å². The SMILES string of the molecule is CCCC/C=C/[C@H](O)[C@@H]1OC(C)(C)O[C@@H]1CO[Si](C)(C)C(C)(C)C. The zero-order valence-corrected chi connectivity index (χ0v) is 17.9. The summed E-state index contributed by atoms with van der Waals surface area (Å²) in [6.45, 7) is 17.5. The van der Waals surface area contributed by atoms with E-state index in [2.05, 4.69) is 40.8 Å². The molecule has 4 nitrogen and oxygen atoms in total. The van der Waals surface area contributed by atoms with Gasteiger partial charge in [-0.05, 0) is 38.4 Å². The standard InChI is InChI=1S/C19H38O4Si/c1-9-10-11-12-13-15(20)17-16(22-19(5,6)23-17)14-21-24(7,8)18(2,3)4/h12-13,15-17,20H,9-11,14H2,1-8H3/b13-12+/t15-,16+,17-/m0/s1. The monoisotopic (exact) mass is 358 g/mol. The zero-order chi connectivity index (χ0) is 18.6. The summed E-state index contributed by atoms with van der Waals surface area (Å²) in [5, 5.41) is 10.7. The van der Waals surface area contributed by atoms with Gasteiger partial charge in [0.15, 0.2) is 14.1 Å². The minimum Gasteiger partial charge on any atom is -0.414 e. The molecule has 0 bridgehead atoms. The van der Waals surface area contributed by atoms with Crippen LogP contribution >= 0.6 is 0 Å². The molecule has 0 spiro atoms. The Morgan fingerprint density at radius 3 is 2.42 bits per heavy atom. The van der Waals surface area contributed by atoms with E-state index in [1.165, 1.54) is 0 Å². The molecule has 0 aromatic heterocycles. The molecular weight excluding hydrogens is 320 g/mol. The van der Waals surface area contributed by atoms with Crippen molar-refractivity contribution in [2.75, 3.05) is 6.61 Å². The summed E-state index contributed by atoms with van der Waals surface area (Å²) in [5.41, 5.74) is 0. The maximum Gasteiger partial charge on any atom is 0.192 e. The van der Waals surface area contributed by atoms with Crippen LogP contribution in [0.25, 0.3) is 0 Å². The van der Waals surface area contributed by atoms with Crippen LogP contribution in [0.1, 0.15) is 60.8 Å². The number of hydrogen-bond acceptors (Lipinski definition) is 4. The molecule has 0 radical (unpaired) electrons. The molecule has 1 saturated heterocycles. The van der Waals surface area contributed by atoms with Crippen LogP contribution in [-0.4, -0.2) is 44.1 Å². The number of unbranched alkanes of at least 4 members (excludes halogenated alkanes) is 2. The van der Waals surface area contributed by atoms with E-state index < -0.39 is 20.2 Å². The van der Waals surface area contributed by atoms with Crippen molar-refractivity contribution >= 4 is 8.32 Å². The summed E-state index contributed by atoms with van der Waals surface area (Å²) in [6, 6.07) is 0. The Kier molecular flexibility index (Phi) is 7.69. The van der Waals surface area contributed by atoms with Crippen LogP contribution in [0.15, 0.2) is 12.2 Å². The first-order valence-electron chi connectivity index (χ1n) is 9.24. The molecular formula is C19H38O4Si. The normalized spacial score (nSPS) is 26.2. The minimum absolute atomic E-state index is 0.149. The summed E-state index contributed by atoms with van der Waals surface area (Å²) >= 11 is 0. The molecule has 0 amide bonds. The van der Waals surface area contributed by atoms with Crippen LogP contribution in [-0.2, 0) is 13.9 Å². The first-order valence-corrected chi connectivity index (χ1v) is 12.1. The average Bonchev–Trinajstić information content (AvgIpc) is 2.75. The third-order valence-electron chi connectivity index (χ3n) is 5.03. The number of aliphatic hydroxyl groups is 1. The van der Waals surface area contributed by atoms with Crippen LogP contribution in [0, 0.1) is 0 Å². The van der Waals surface area contributed by atoms with Gasteiger partial charge in [-0.15, -0.1) is 0 Å². The van der Waals surface area contributed by atoms with Gasteiger partial charge in [0.2, 0.25) is 0 Å². The summed E-state index contributed by atoms with van der Waals surface area (Å²) < 4.78 is 18.2. The van der Waals surface area contributed by atoms with Crippen molar-refractivity contribution in [3.8, 4) is 0 Å². The molecule has 3 atom stereocenters. The Morgan fingerprint density at radius 1 is 1.25 bits per heavy atom. The number of allylic oxidation sites excluding steroid dienone is 1. The van der Waals surface area contributed by atoms with Crippen LogP contribution in [0.5, 0.6) is 0 Å². The van der Waals surface area contributed by atoms with Crippen molar-refractivity contribution in [2.24, 2.45) is 0 Å². The second-order valence-electron chi connectivity index (χ2n) is 8.77. The molecule has 24 heavy (non-hydrogen) atoms. The smallest absolute Gasteiger partial charge is 0.192 e. The van der Waals surface area contributed by atoms with Gasteiger partial charge in [-0.3, -0.25) is 0 Å². The maximum atomic E-state index is 10.5. The Hall–Kier alpha value is -0.203. The van der Waals surface area contributed by atoms with E-state index in [9.17, 15) is 5.11 Å². The zero-order valence-electron chi connectivity index (χ0n) is 16.9. The predicted octanol–water partition coefficient (Wildman–Crippen LogP) is 4.64. The van der Waals surface area contributed by atoms with E-state index in [1.54, 1.807) is 0 Å². The maximum absolute atomic E-state index is 10.5. The predicted molar refractivity (Wildman–Crippen MR) is 102 cm³/mol. The Labute approximate surface area is 149 Å². The number of hydrogen-bond donors (Lipinski definition) is 1. The summed E-state index contributed by atoms with van der Waals surface area (Å²) in [5.74, 6) is -0.690. The molecule has 0 saturated carbocycles. The van der Waals surface area contributed by atoms with Crippen molar-refractivity contribution < 1.29 is 19.0 Å².